The Bertz CT molecular complexity index is 1580. The fourth-order valence-corrected chi connectivity index (χ4v) is 4.83. The Kier molecular flexibility index (Phi) is 8.19. The maximum Gasteiger partial charge on any atom is 0.253 e. The molecular weight excluding hydrogens is 495 g/mol. The summed E-state index contributed by atoms with van der Waals surface area (Å²) in [5, 5.41) is 13.5. The molecule has 3 aromatic carbocycles. The van der Waals surface area contributed by atoms with Gasteiger partial charge in [-0.15, -0.1) is 5.10 Å². The van der Waals surface area contributed by atoms with E-state index < -0.39 is 6.04 Å². The predicted molar refractivity (Wildman–Crippen MR) is 148 cm³/mol. The summed E-state index contributed by atoms with van der Waals surface area (Å²) >= 11 is 0. The van der Waals surface area contributed by atoms with Crippen molar-refractivity contribution in [1.29, 1.82) is 0 Å². The number of benzene rings is 3. The van der Waals surface area contributed by atoms with Crippen molar-refractivity contribution in [1.82, 2.24) is 30.1 Å². The molecule has 1 N–H and O–H groups in total. The van der Waals surface area contributed by atoms with E-state index in [4.69, 9.17) is 4.74 Å². The van der Waals surface area contributed by atoms with Crippen molar-refractivity contribution in [2.24, 2.45) is 0 Å². The molecule has 0 aliphatic carbocycles. The van der Waals surface area contributed by atoms with Gasteiger partial charge in [0.1, 0.15) is 11.9 Å². The van der Waals surface area contributed by atoms with E-state index in [1.807, 2.05) is 49.4 Å². The minimum atomic E-state index is -0.570. The molecule has 9 heteroatoms. The van der Waals surface area contributed by atoms with Gasteiger partial charge >= 0.3 is 0 Å². The number of tetrazole rings is 1. The Morgan fingerprint density at radius 3 is 2.59 bits per heavy atom. The van der Waals surface area contributed by atoms with Gasteiger partial charge in [-0.3, -0.25) is 9.69 Å². The molecule has 0 unspecified atom stereocenters. The predicted octanol–water partition coefficient (Wildman–Crippen LogP) is 4.44. The lowest BCUT2D eigenvalue weighted by molar-refractivity contribution is 0.172. The Labute approximate surface area is 226 Å². The van der Waals surface area contributed by atoms with Crippen molar-refractivity contribution >= 4 is 10.9 Å². The number of H-pyrrole nitrogens is 1. The second-order valence-electron chi connectivity index (χ2n) is 9.63. The fourth-order valence-electron chi connectivity index (χ4n) is 4.83. The van der Waals surface area contributed by atoms with E-state index in [1.54, 1.807) is 23.9 Å². The monoisotopic (exact) mass is 526 g/mol. The first-order chi connectivity index (χ1) is 19.0. The maximum absolute atomic E-state index is 13.7. The highest BCUT2D eigenvalue weighted by molar-refractivity contribution is 5.79. The van der Waals surface area contributed by atoms with Gasteiger partial charge in [-0.05, 0) is 70.6 Å². The van der Waals surface area contributed by atoms with Crippen molar-refractivity contribution in [3.8, 4) is 0 Å². The molecule has 2 aromatic heterocycles. The number of hydrogen-bond donors (Lipinski definition) is 1. The molecule has 200 valence electrons. The van der Waals surface area contributed by atoms with E-state index in [9.17, 15) is 9.18 Å². The maximum atomic E-state index is 13.7. The molecule has 8 nitrogen and oxygen atoms in total. The van der Waals surface area contributed by atoms with Crippen LogP contribution in [-0.4, -0.2) is 50.4 Å². The number of ether oxygens (including phenoxy) is 1. The number of aromatic nitrogens is 5. The number of nitrogens with zero attached hydrogens (tertiary/aromatic N) is 5. The van der Waals surface area contributed by atoms with Crippen LogP contribution in [0.15, 0.2) is 83.7 Å². The molecule has 39 heavy (non-hydrogen) atoms. The average Bonchev–Trinajstić information content (AvgIpc) is 3.40. The van der Waals surface area contributed by atoms with E-state index in [0.717, 1.165) is 28.5 Å². The molecule has 0 saturated heterocycles. The van der Waals surface area contributed by atoms with Gasteiger partial charge in [0.2, 0.25) is 0 Å². The van der Waals surface area contributed by atoms with Gasteiger partial charge in [-0.1, -0.05) is 54.1 Å². The first kappa shape index (κ1) is 26.4. The molecule has 2 heterocycles. The summed E-state index contributed by atoms with van der Waals surface area (Å²) in [6, 6.07) is 23.9. The van der Waals surface area contributed by atoms with Gasteiger partial charge in [0.15, 0.2) is 5.82 Å². The summed E-state index contributed by atoms with van der Waals surface area (Å²) in [6.07, 6.45) is 0.739. The van der Waals surface area contributed by atoms with Crippen molar-refractivity contribution in [2.75, 3.05) is 20.3 Å². The van der Waals surface area contributed by atoms with Crippen LogP contribution in [0.2, 0.25) is 0 Å². The Morgan fingerprint density at radius 2 is 1.82 bits per heavy atom. The third kappa shape index (κ3) is 6.27. The Balaban J connectivity index is 1.64. The molecule has 0 bridgehead atoms. The lowest BCUT2D eigenvalue weighted by Gasteiger charge is -2.31. The smallest absolute Gasteiger partial charge is 0.253 e. The number of rotatable bonds is 11. The van der Waals surface area contributed by atoms with Gasteiger partial charge < -0.3 is 9.72 Å². The zero-order valence-corrected chi connectivity index (χ0v) is 22.0. The highest BCUT2D eigenvalue weighted by Gasteiger charge is 2.30. The number of aryl methyl sites for hydroxylation is 1. The van der Waals surface area contributed by atoms with Crippen LogP contribution in [0, 0.1) is 12.7 Å². The molecule has 5 aromatic rings. The highest BCUT2D eigenvalue weighted by atomic mass is 19.1. The number of pyridine rings is 1. The van der Waals surface area contributed by atoms with Crippen LogP contribution in [0.5, 0.6) is 0 Å². The van der Waals surface area contributed by atoms with E-state index in [1.165, 1.54) is 17.7 Å². The molecular formula is C30H31FN6O2. The van der Waals surface area contributed by atoms with Crippen molar-refractivity contribution in [3.05, 3.63) is 123 Å². The van der Waals surface area contributed by atoms with E-state index >= 15 is 0 Å². The van der Waals surface area contributed by atoms with Crippen molar-refractivity contribution in [3.63, 3.8) is 0 Å². The van der Waals surface area contributed by atoms with E-state index in [0.29, 0.717) is 37.6 Å². The molecule has 1 atom stereocenters. The Morgan fingerprint density at radius 1 is 1.03 bits per heavy atom. The summed E-state index contributed by atoms with van der Waals surface area (Å²) in [7, 11) is 1.62. The third-order valence-corrected chi connectivity index (χ3v) is 6.83. The van der Waals surface area contributed by atoms with Crippen LogP contribution in [0.25, 0.3) is 10.9 Å². The van der Waals surface area contributed by atoms with Crippen LogP contribution in [-0.2, 0) is 24.2 Å². The standard InChI is InChI=1S/C30H31FN6O2/c1-21-8-13-27-24(18-21)19-26(30(38)32-27)28(29-33-34-35-37(29)16-17-39-2)36(15-14-22-6-4-3-5-7-22)20-23-9-11-25(31)12-10-23/h3-13,18-19,28H,14-17,20H2,1-2H3,(H,32,38)/t28-/m0/s1. The lowest BCUT2D eigenvalue weighted by Crippen LogP contribution is -2.36. The van der Waals surface area contributed by atoms with Gasteiger partial charge in [0.05, 0.1) is 13.2 Å². The van der Waals surface area contributed by atoms with Crippen LogP contribution in [0.4, 0.5) is 4.39 Å². The second kappa shape index (κ2) is 12.1. The number of methoxy groups -OCH3 is 1. The second-order valence-corrected chi connectivity index (χ2v) is 9.63. The molecule has 0 saturated carbocycles. The van der Waals surface area contributed by atoms with Crippen LogP contribution < -0.4 is 5.56 Å². The van der Waals surface area contributed by atoms with Crippen LogP contribution in [0.1, 0.15) is 34.1 Å². The number of nitrogens with one attached hydrogen (secondary N) is 1. The number of hydrogen-bond acceptors (Lipinski definition) is 6. The van der Waals surface area contributed by atoms with Gasteiger partial charge in [-0.25, -0.2) is 9.07 Å². The largest absolute Gasteiger partial charge is 0.383 e. The van der Waals surface area contributed by atoms with Crippen molar-refractivity contribution in [2.45, 2.75) is 32.5 Å². The van der Waals surface area contributed by atoms with Crippen LogP contribution >= 0.6 is 0 Å². The van der Waals surface area contributed by atoms with Gasteiger partial charge in [-0.2, -0.15) is 0 Å². The minimum absolute atomic E-state index is 0.207. The number of fused-ring (bicyclic) bond motifs is 1. The van der Waals surface area contributed by atoms with Crippen molar-refractivity contribution < 1.29 is 9.13 Å². The van der Waals surface area contributed by atoms with Crippen LogP contribution in [0.3, 0.4) is 0 Å². The normalized spacial score (nSPS) is 12.3. The van der Waals surface area contributed by atoms with Gasteiger partial charge in [0.25, 0.3) is 5.56 Å². The summed E-state index contributed by atoms with van der Waals surface area (Å²) in [4.78, 5) is 18.9. The number of aromatic amines is 1. The zero-order valence-electron chi connectivity index (χ0n) is 22.0. The summed E-state index contributed by atoms with van der Waals surface area (Å²) < 4.78 is 20.7. The number of halogens is 1. The zero-order chi connectivity index (χ0) is 27.2. The first-order valence-corrected chi connectivity index (χ1v) is 12.9. The van der Waals surface area contributed by atoms with Gasteiger partial charge in [0, 0.05) is 31.3 Å². The Hall–Kier alpha value is -4.21. The summed E-state index contributed by atoms with van der Waals surface area (Å²) in [5.41, 5.74) is 4.27. The molecule has 0 aliphatic rings. The third-order valence-electron chi connectivity index (χ3n) is 6.83. The quantitative estimate of drug-likeness (QED) is 0.274. The topological polar surface area (TPSA) is 88.9 Å². The molecule has 0 fully saturated rings. The average molecular weight is 527 g/mol. The highest BCUT2D eigenvalue weighted by Crippen LogP contribution is 2.29. The summed E-state index contributed by atoms with van der Waals surface area (Å²) in [6.45, 7) is 3.94. The lowest BCUT2D eigenvalue weighted by atomic mass is 10.0. The molecule has 5 rings (SSSR count). The SMILES string of the molecule is COCCn1nnnc1[C@H](c1cc2cc(C)ccc2[nH]c1=O)N(CCc1ccccc1)Cc1ccc(F)cc1. The molecule has 0 aliphatic heterocycles. The molecule has 0 spiro atoms. The summed E-state index contributed by atoms with van der Waals surface area (Å²) in [5.74, 6) is 0.246. The fraction of sp³-hybridized carbons (Fsp3) is 0.267. The molecule has 0 radical (unpaired) electrons. The van der Waals surface area contributed by atoms with E-state index in [2.05, 4.69) is 37.5 Å². The van der Waals surface area contributed by atoms with E-state index in [-0.39, 0.29) is 11.4 Å². The first-order valence-electron chi connectivity index (χ1n) is 12.9. The minimum Gasteiger partial charge on any atom is -0.383 e. The molecule has 0 amide bonds.